The molecule has 1 unspecified atom stereocenters. The molecule has 0 saturated carbocycles. The first-order valence-electron chi connectivity index (χ1n) is 9.32. The van der Waals surface area contributed by atoms with Crippen LogP contribution >= 0.6 is 27.5 Å². The number of aromatic nitrogens is 1. The van der Waals surface area contributed by atoms with E-state index in [2.05, 4.69) is 9.72 Å². The molecule has 2 aromatic carbocycles. The third kappa shape index (κ3) is 5.17. The number of benzene rings is 2. The fourth-order valence-electron chi connectivity index (χ4n) is 3.09. The molecule has 0 spiro atoms. The SMILES string of the molecule is N#Cc1ccc2cc(C(=O)Nc3c(Cl)cc(C(F)(C(F)(F)F)C(F)(F)Br)cc3OC(F)F)ccc2n1. The minimum Gasteiger partial charge on any atom is -0.433 e. The van der Waals surface area contributed by atoms with Crippen molar-refractivity contribution in [2.24, 2.45) is 0 Å². The van der Waals surface area contributed by atoms with Crippen molar-refractivity contribution in [2.75, 3.05) is 5.32 Å². The van der Waals surface area contributed by atoms with Gasteiger partial charge in [0.05, 0.1) is 10.5 Å². The standard InChI is InChI=1S/C21H9BrClF8N3O2/c22-20(27,28)19(26,21(29,30)31)11-6-13(23)16(15(7-11)36-18(24)25)34-17(35)10-2-4-14-9(5-10)1-3-12(8-32)33-14/h1-7,18H,(H,34,35). The molecule has 0 aliphatic carbocycles. The summed E-state index contributed by atoms with van der Waals surface area (Å²) >= 11 is 7.15. The van der Waals surface area contributed by atoms with Crippen LogP contribution in [0.1, 0.15) is 21.6 Å². The number of nitrogens with one attached hydrogen (secondary N) is 1. The van der Waals surface area contributed by atoms with Crippen LogP contribution in [-0.4, -0.2) is 28.5 Å². The summed E-state index contributed by atoms with van der Waals surface area (Å²) in [5.41, 5.74) is -7.78. The van der Waals surface area contributed by atoms with Crippen molar-refractivity contribution in [1.82, 2.24) is 4.98 Å². The Kier molecular flexibility index (Phi) is 7.39. The van der Waals surface area contributed by atoms with Crippen molar-refractivity contribution in [2.45, 2.75) is 23.3 Å². The first-order valence-corrected chi connectivity index (χ1v) is 10.5. The van der Waals surface area contributed by atoms with Crippen LogP contribution in [-0.2, 0) is 5.67 Å². The fraction of sp³-hybridized carbons (Fsp3) is 0.190. The zero-order chi connectivity index (χ0) is 27.1. The third-order valence-corrected chi connectivity index (χ3v) is 5.60. The Morgan fingerprint density at radius 3 is 2.31 bits per heavy atom. The first-order chi connectivity index (χ1) is 16.6. The number of ether oxygens (including phenoxy) is 1. The molecule has 1 amide bonds. The number of nitrogens with zero attached hydrogens (tertiary/aromatic N) is 2. The van der Waals surface area contributed by atoms with Gasteiger partial charge in [-0.2, -0.15) is 36.0 Å². The summed E-state index contributed by atoms with van der Waals surface area (Å²) in [5, 5.41) is 10.3. The molecule has 190 valence electrons. The van der Waals surface area contributed by atoms with E-state index in [0.717, 1.165) is 0 Å². The van der Waals surface area contributed by atoms with Gasteiger partial charge in [-0.05, 0) is 58.4 Å². The number of alkyl halides is 9. The number of hydrogen-bond donors (Lipinski definition) is 1. The highest BCUT2D eigenvalue weighted by Gasteiger charge is 2.71. The molecule has 15 heteroatoms. The van der Waals surface area contributed by atoms with Gasteiger partial charge >= 0.3 is 23.3 Å². The van der Waals surface area contributed by atoms with E-state index in [4.69, 9.17) is 16.9 Å². The van der Waals surface area contributed by atoms with Crippen molar-refractivity contribution in [3.05, 3.63) is 64.3 Å². The Balaban J connectivity index is 2.08. The summed E-state index contributed by atoms with van der Waals surface area (Å²) < 4.78 is 112. The van der Waals surface area contributed by atoms with Crippen molar-refractivity contribution in [3.8, 4) is 11.8 Å². The van der Waals surface area contributed by atoms with E-state index in [1.54, 1.807) is 0 Å². The second kappa shape index (κ2) is 9.70. The summed E-state index contributed by atoms with van der Waals surface area (Å²) in [6, 6.07) is 8.55. The molecule has 0 radical (unpaired) electrons. The van der Waals surface area contributed by atoms with Gasteiger partial charge in [0.1, 0.15) is 17.5 Å². The molecule has 1 N–H and O–H groups in total. The van der Waals surface area contributed by atoms with Crippen LogP contribution in [0.15, 0.2) is 42.5 Å². The number of hydrogen-bond acceptors (Lipinski definition) is 4. The number of halogens is 10. The van der Waals surface area contributed by atoms with Crippen LogP contribution in [0.5, 0.6) is 5.75 Å². The highest BCUT2D eigenvalue weighted by Crippen LogP contribution is 2.56. The van der Waals surface area contributed by atoms with Gasteiger partial charge in [-0.15, -0.1) is 0 Å². The molecule has 3 rings (SSSR count). The summed E-state index contributed by atoms with van der Waals surface area (Å²) in [5.74, 6) is -2.33. The molecule has 1 aromatic heterocycles. The van der Waals surface area contributed by atoms with E-state index in [-0.39, 0.29) is 23.4 Å². The van der Waals surface area contributed by atoms with Crippen LogP contribution in [0.2, 0.25) is 5.02 Å². The Bertz CT molecular complexity index is 1360. The highest BCUT2D eigenvalue weighted by atomic mass is 79.9. The van der Waals surface area contributed by atoms with Crippen LogP contribution in [0.25, 0.3) is 10.9 Å². The predicted molar refractivity (Wildman–Crippen MR) is 115 cm³/mol. The second-order valence-electron chi connectivity index (χ2n) is 7.03. The molecule has 1 heterocycles. The third-order valence-electron chi connectivity index (χ3n) is 4.75. The lowest BCUT2D eigenvalue weighted by molar-refractivity contribution is -0.282. The Morgan fingerprint density at radius 1 is 1.08 bits per heavy atom. The smallest absolute Gasteiger partial charge is 0.433 e. The molecule has 0 fully saturated rings. The molecule has 1 atom stereocenters. The molecular formula is C21H9BrClF8N3O2. The monoisotopic (exact) mass is 601 g/mol. The predicted octanol–water partition coefficient (Wildman–Crippen LogP) is 7.33. The van der Waals surface area contributed by atoms with E-state index < -0.39 is 51.2 Å². The minimum absolute atomic E-state index is 0.0654. The number of pyridine rings is 1. The maximum Gasteiger partial charge on any atom is 0.433 e. The lowest BCUT2D eigenvalue weighted by Gasteiger charge is -2.32. The Labute approximate surface area is 209 Å². The molecule has 5 nitrogen and oxygen atoms in total. The van der Waals surface area contributed by atoms with Gasteiger partial charge in [0.25, 0.3) is 5.91 Å². The first kappa shape index (κ1) is 27.4. The van der Waals surface area contributed by atoms with Gasteiger partial charge in [0.15, 0.2) is 5.75 Å². The van der Waals surface area contributed by atoms with Gasteiger partial charge < -0.3 is 10.1 Å². The fourth-order valence-corrected chi connectivity index (χ4v) is 3.81. The highest BCUT2D eigenvalue weighted by molar-refractivity contribution is 9.10. The molecule has 3 aromatic rings. The van der Waals surface area contributed by atoms with Crippen LogP contribution < -0.4 is 10.1 Å². The maximum absolute atomic E-state index is 14.8. The number of carbonyl (C=O) groups is 1. The quantitative estimate of drug-likeness (QED) is 0.237. The van der Waals surface area contributed by atoms with E-state index >= 15 is 0 Å². The van der Waals surface area contributed by atoms with Gasteiger partial charge in [-0.1, -0.05) is 11.6 Å². The summed E-state index contributed by atoms with van der Waals surface area (Å²) in [6.45, 7) is -3.71. The van der Waals surface area contributed by atoms with Crippen molar-refractivity contribution >= 4 is 50.0 Å². The largest absolute Gasteiger partial charge is 0.433 e. The van der Waals surface area contributed by atoms with E-state index in [9.17, 15) is 39.9 Å². The molecule has 0 bridgehead atoms. The molecule has 36 heavy (non-hydrogen) atoms. The number of rotatable bonds is 6. The van der Waals surface area contributed by atoms with E-state index in [1.807, 2.05) is 11.4 Å². The number of amides is 1. The Hall–Kier alpha value is -3.18. The number of fused-ring (bicyclic) bond motifs is 1. The van der Waals surface area contributed by atoms with E-state index in [0.29, 0.717) is 10.9 Å². The number of anilines is 1. The summed E-state index contributed by atoms with van der Waals surface area (Å²) in [4.78, 5) is 11.5. The van der Waals surface area contributed by atoms with Gasteiger partial charge in [0.2, 0.25) is 0 Å². The lowest BCUT2D eigenvalue weighted by Crippen LogP contribution is -2.49. The summed E-state index contributed by atoms with van der Waals surface area (Å²) in [6.07, 6.45) is -6.22. The second-order valence-corrected chi connectivity index (χ2v) is 8.44. The van der Waals surface area contributed by atoms with Gasteiger partial charge in [0, 0.05) is 16.5 Å². The normalized spacial score (nSPS) is 13.8. The average molecular weight is 603 g/mol. The number of carbonyl (C=O) groups excluding carboxylic acids is 1. The topological polar surface area (TPSA) is 75.0 Å². The Morgan fingerprint density at radius 2 is 1.75 bits per heavy atom. The van der Waals surface area contributed by atoms with E-state index in [1.165, 1.54) is 46.3 Å². The maximum atomic E-state index is 14.8. The lowest BCUT2D eigenvalue weighted by atomic mass is 9.94. The molecule has 0 aliphatic rings. The van der Waals surface area contributed by atoms with Crippen molar-refractivity contribution in [1.29, 1.82) is 5.26 Å². The zero-order valence-electron chi connectivity index (χ0n) is 17.1. The van der Waals surface area contributed by atoms with Crippen molar-refractivity contribution in [3.63, 3.8) is 0 Å². The van der Waals surface area contributed by atoms with Gasteiger partial charge in [-0.25, -0.2) is 9.37 Å². The molecule has 0 aliphatic heterocycles. The summed E-state index contributed by atoms with van der Waals surface area (Å²) in [7, 11) is 0. The van der Waals surface area contributed by atoms with Gasteiger partial charge in [-0.3, -0.25) is 4.79 Å². The van der Waals surface area contributed by atoms with Crippen LogP contribution in [0.4, 0.5) is 40.8 Å². The van der Waals surface area contributed by atoms with Crippen LogP contribution in [0, 0.1) is 11.3 Å². The molecular weight excluding hydrogens is 594 g/mol. The minimum atomic E-state index is -6.22. The molecule has 0 saturated heterocycles. The number of nitriles is 1. The van der Waals surface area contributed by atoms with Crippen molar-refractivity contribution < 1.29 is 44.7 Å². The average Bonchev–Trinajstić information content (AvgIpc) is 2.77. The van der Waals surface area contributed by atoms with Crippen LogP contribution in [0.3, 0.4) is 0 Å². The zero-order valence-corrected chi connectivity index (χ0v) is 19.5.